The van der Waals surface area contributed by atoms with Gasteiger partial charge in [-0.2, -0.15) is 5.26 Å². The molecule has 1 aromatic heterocycles. The van der Waals surface area contributed by atoms with Gasteiger partial charge in [-0.15, -0.1) is 6.58 Å². The lowest BCUT2D eigenvalue weighted by Crippen LogP contribution is -1.97. The Bertz CT molecular complexity index is 1320. The Kier molecular flexibility index (Phi) is 6.37. The normalized spacial score (nSPS) is 10.8. The van der Waals surface area contributed by atoms with Gasteiger partial charge >= 0.3 is 0 Å². The number of aryl methyl sites for hydroxylation is 3. The van der Waals surface area contributed by atoms with Crippen molar-refractivity contribution in [2.75, 3.05) is 0 Å². The number of fused-ring (bicyclic) bond motifs is 1. The molecule has 0 bridgehead atoms. The highest BCUT2D eigenvalue weighted by molar-refractivity contribution is 5.88. The highest BCUT2D eigenvalue weighted by Crippen LogP contribution is 2.27. The van der Waals surface area contributed by atoms with E-state index in [9.17, 15) is 4.39 Å². The smallest absolute Gasteiger partial charge is 0.141 e. The van der Waals surface area contributed by atoms with Crippen molar-refractivity contribution in [2.24, 2.45) is 0 Å². The summed E-state index contributed by atoms with van der Waals surface area (Å²) < 4.78 is 28.9. The number of allylic oxidation sites excluding steroid dienone is 1. The van der Waals surface area contributed by atoms with E-state index in [0.29, 0.717) is 23.8 Å². The average Bonchev–Trinajstić information content (AvgIpc) is 2.82. The predicted octanol–water partition coefficient (Wildman–Crippen LogP) is 6.96. The molecule has 1 heterocycles. The van der Waals surface area contributed by atoms with Gasteiger partial charge in [0.15, 0.2) is 0 Å². The van der Waals surface area contributed by atoms with Crippen LogP contribution in [0.5, 0.6) is 0 Å². The highest BCUT2D eigenvalue weighted by Gasteiger charge is 2.10. The second-order valence-electron chi connectivity index (χ2n) is 7.78. The van der Waals surface area contributed by atoms with Crippen LogP contribution in [-0.4, -0.2) is 4.98 Å². The minimum Gasteiger partial charge on any atom is -0.256 e. The van der Waals surface area contributed by atoms with Gasteiger partial charge in [-0.25, -0.2) is 8.78 Å². The Labute approximate surface area is 186 Å². The summed E-state index contributed by atoms with van der Waals surface area (Å²) in [6, 6.07) is 19.7. The summed E-state index contributed by atoms with van der Waals surface area (Å²) in [5.74, 6) is -0.797. The minimum absolute atomic E-state index is 0.0160. The van der Waals surface area contributed by atoms with E-state index < -0.39 is 5.82 Å². The Morgan fingerprint density at radius 2 is 1.75 bits per heavy atom. The van der Waals surface area contributed by atoms with Gasteiger partial charge in [-0.3, -0.25) is 4.98 Å². The van der Waals surface area contributed by atoms with E-state index in [-0.39, 0.29) is 11.4 Å². The number of hydrogen-bond donors (Lipinski definition) is 0. The largest absolute Gasteiger partial charge is 0.256 e. The van der Waals surface area contributed by atoms with E-state index in [4.69, 9.17) is 5.26 Å². The van der Waals surface area contributed by atoms with Crippen molar-refractivity contribution >= 4 is 10.8 Å². The van der Waals surface area contributed by atoms with Gasteiger partial charge in [0.2, 0.25) is 0 Å². The molecule has 0 saturated heterocycles. The van der Waals surface area contributed by atoms with Crippen LogP contribution in [0.3, 0.4) is 0 Å². The molecule has 0 saturated carbocycles. The summed E-state index contributed by atoms with van der Waals surface area (Å²) in [6.45, 7) is 3.74. The first-order valence-electron chi connectivity index (χ1n) is 10.5. The van der Waals surface area contributed by atoms with Gasteiger partial charge in [-0.05, 0) is 72.0 Å². The number of benzene rings is 3. The summed E-state index contributed by atoms with van der Waals surface area (Å²) in [4.78, 5) is 4.55. The molecule has 0 fully saturated rings. The van der Waals surface area contributed by atoms with Crippen LogP contribution in [0.15, 0.2) is 79.5 Å². The Balaban J connectivity index is 1.54. The Morgan fingerprint density at radius 3 is 2.47 bits per heavy atom. The zero-order valence-electron chi connectivity index (χ0n) is 17.6. The third-order valence-corrected chi connectivity index (χ3v) is 5.63. The molecule has 0 N–H and O–H groups in total. The number of rotatable bonds is 7. The molecule has 4 heteroatoms. The fourth-order valence-electron chi connectivity index (χ4n) is 3.79. The molecular formula is C28H22F2N2. The van der Waals surface area contributed by atoms with Crippen molar-refractivity contribution in [3.8, 4) is 17.3 Å². The van der Waals surface area contributed by atoms with Crippen molar-refractivity contribution in [1.82, 2.24) is 4.98 Å². The van der Waals surface area contributed by atoms with Crippen molar-refractivity contribution < 1.29 is 8.78 Å². The van der Waals surface area contributed by atoms with Gasteiger partial charge in [0.25, 0.3) is 0 Å². The summed E-state index contributed by atoms with van der Waals surface area (Å²) in [6.07, 6.45) is 6.53. The molecule has 32 heavy (non-hydrogen) atoms. The molecule has 0 aliphatic heterocycles. The van der Waals surface area contributed by atoms with Gasteiger partial charge < -0.3 is 0 Å². The van der Waals surface area contributed by atoms with E-state index in [1.165, 1.54) is 12.1 Å². The van der Waals surface area contributed by atoms with Crippen LogP contribution in [0.2, 0.25) is 0 Å². The topological polar surface area (TPSA) is 36.7 Å². The van der Waals surface area contributed by atoms with Crippen LogP contribution in [0, 0.1) is 23.0 Å². The number of pyridine rings is 1. The summed E-state index contributed by atoms with van der Waals surface area (Å²) in [5.41, 5.74) is 4.28. The lowest BCUT2D eigenvalue weighted by atomic mass is 9.98. The van der Waals surface area contributed by atoms with E-state index in [2.05, 4.69) is 17.6 Å². The molecule has 158 valence electrons. The second kappa shape index (κ2) is 9.53. The molecule has 0 unspecified atom stereocenters. The standard InChI is InChI=1S/C28H22F2N2/c1-2-3-4-20-7-14-27(32-18-20)23-12-13-25-22(16-23)11-10-21(28(25)30)8-5-19-6-9-24(17-31)26(29)15-19/h2,6-7,9-16,18H,1,3-5,8H2. The molecule has 0 radical (unpaired) electrons. The Hall–Kier alpha value is -3.84. The minimum atomic E-state index is -0.543. The second-order valence-corrected chi connectivity index (χ2v) is 7.78. The number of nitrogens with zero attached hydrogens (tertiary/aromatic N) is 2. The molecular weight excluding hydrogens is 402 g/mol. The molecule has 0 aliphatic rings. The van der Waals surface area contributed by atoms with Crippen molar-refractivity contribution in [3.63, 3.8) is 0 Å². The first-order chi connectivity index (χ1) is 15.6. The third-order valence-electron chi connectivity index (χ3n) is 5.63. The van der Waals surface area contributed by atoms with Crippen LogP contribution in [-0.2, 0) is 19.3 Å². The lowest BCUT2D eigenvalue weighted by molar-refractivity contribution is 0.616. The van der Waals surface area contributed by atoms with Crippen LogP contribution < -0.4 is 0 Å². The van der Waals surface area contributed by atoms with Gasteiger partial charge in [0.1, 0.15) is 17.7 Å². The number of hydrogen-bond acceptors (Lipinski definition) is 2. The van der Waals surface area contributed by atoms with Crippen LogP contribution in [0.25, 0.3) is 22.0 Å². The molecule has 0 amide bonds. The van der Waals surface area contributed by atoms with Gasteiger partial charge in [0.05, 0.1) is 11.3 Å². The van der Waals surface area contributed by atoms with Gasteiger partial charge in [0, 0.05) is 17.1 Å². The molecule has 0 atom stereocenters. The van der Waals surface area contributed by atoms with Crippen LogP contribution >= 0.6 is 0 Å². The Morgan fingerprint density at radius 1 is 0.906 bits per heavy atom. The predicted molar refractivity (Wildman–Crippen MR) is 124 cm³/mol. The lowest BCUT2D eigenvalue weighted by Gasteiger charge is -2.09. The maximum Gasteiger partial charge on any atom is 0.141 e. The highest BCUT2D eigenvalue weighted by atomic mass is 19.1. The number of halogens is 2. The van der Waals surface area contributed by atoms with Crippen LogP contribution in [0.1, 0.15) is 28.7 Å². The summed E-state index contributed by atoms with van der Waals surface area (Å²) in [7, 11) is 0. The third kappa shape index (κ3) is 4.58. The van der Waals surface area contributed by atoms with E-state index in [0.717, 1.165) is 40.6 Å². The molecule has 4 rings (SSSR count). The fourth-order valence-corrected chi connectivity index (χ4v) is 3.79. The van der Waals surface area contributed by atoms with Crippen molar-refractivity contribution in [1.29, 1.82) is 5.26 Å². The van der Waals surface area contributed by atoms with E-state index >= 15 is 4.39 Å². The van der Waals surface area contributed by atoms with Crippen LogP contribution in [0.4, 0.5) is 8.78 Å². The van der Waals surface area contributed by atoms with E-state index in [1.807, 2.05) is 42.6 Å². The van der Waals surface area contributed by atoms with Crippen molar-refractivity contribution in [2.45, 2.75) is 25.7 Å². The van der Waals surface area contributed by atoms with Crippen molar-refractivity contribution in [3.05, 3.63) is 113 Å². The average molecular weight is 424 g/mol. The van der Waals surface area contributed by atoms with Gasteiger partial charge in [-0.1, -0.05) is 42.5 Å². The number of nitriles is 1. The number of aromatic nitrogens is 1. The van der Waals surface area contributed by atoms with E-state index in [1.54, 1.807) is 18.2 Å². The maximum absolute atomic E-state index is 15.1. The maximum atomic E-state index is 15.1. The first-order valence-corrected chi connectivity index (χ1v) is 10.5. The zero-order valence-corrected chi connectivity index (χ0v) is 17.6. The monoisotopic (exact) mass is 424 g/mol. The summed E-state index contributed by atoms with van der Waals surface area (Å²) >= 11 is 0. The summed E-state index contributed by atoms with van der Waals surface area (Å²) in [5, 5.41) is 10.2. The fraction of sp³-hybridized carbons (Fsp3) is 0.143. The molecule has 4 aromatic rings. The molecule has 2 nitrogen and oxygen atoms in total. The molecule has 0 aliphatic carbocycles. The molecule has 0 spiro atoms. The first kappa shape index (κ1) is 21.4. The SMILES string of the molecule is C=CCCc1ccc(-c2ccc3c(F)c(CCc4ccc(C#N)c(F)c4)ccc3c2)nc1. The quantitative estimate of drug-likeness (QED) is 0.301. The zero-order chi connectivity index (χ0) is 22.5. The molecule has 3 aromatic carbocycles.